The third-order valence-corrected chi connectivity index (χ3v) is 5.05. The van der Waals surface area contributed by atoms with Crippen LogP contribution in [-0.4, -0.2) is 18.1 Å². The Morgan fingerprint density at radius 3 is 2.00 bits per heavy atom. The lowest BCUT2D eigenvalue weighted by Crippen LogP contribution is -2.20. The molecule has 0 bridgehead atoms. The molecule has 0 saturated heterocycles. The maximum Gasteiger partial charge on any atom is 0.387 e. The second-order valence-corrected chi connectivity index (χ2v) is 10.2. The summed E-state index contributed by atoms with van der Waals surface area (Å²) < 4.78 is 28.2. The molecule has 0 spiro atoms. The number of ketones is 1. The van der Waals surface area contributed by atoms with Crippen molar-refractivity contribution in [3.8, 4) is 5.75 Å². The van der Waals surface area contributed by atoms with Crippen LogP contribution in [0.1, 0.15) is 99.5 Å². The van der Waals surface area contributed by atoms with E-state index in [0.29, 0.717) is 18.6 Å². The Hall–Kier alpha value is -1.78. The van der Waals surface area contributed by atoms with Gasteiger partial charge in [-0.2, -0.15) is 8.78 Å². The summed E-state index contributed by atoms with van der Waals surface area (Å²) in [6, 6.07) is 4.75. The van der Waals surface area contributed by atoms with E-state index >= 15 is 0 Å². The van der Waals surface area contributed by atoms with Gasteiger partial charge in [0.2, 0.25) is 0 Å². The van der Waals surface area contributed by atoms with Crippen molar-refractivity contribution >= 4 is 17.2 Å². The molecule has 0 atom stereocenters. The molecule has 1 fully saturated rings. The first-order valence-electron chi connectivity index (χ1n) is 11.3. The number of carbonyl (C=O) groups excluding carboxylic acids is 1. The van der Waals surface area contributed by atoms with Gasteiger partial charge in [0.25, 0.3) is 0 Å². The third-order valence-electron chi connectivity index (χ3n) is 5.05. The van der Waals surface area contributed by atoms with Crippen molar-refractivity contribution in [2.45, 2.75) is 107 Å². The zero-order valence-corrected chi connectivity index (χ0v) is 21.1. The van der Waals surface area contributed by atoms with Gasteiger partial charge in [0.05, 0.1) is 5.69 Å². The number of ether oxygens (including phenoxy) is 1. The van der Waals surface area contributed by atoms with Crippen LogP contribution >= 0.6 is 0 Å². The summed E-state index contributed by atoms with van der Waals surface area (Å²) >= 11 is 0. The monoisotopic (exact) mass is 439 g/mol. The fraction of sp³-hybridized carbons (Fsp3) is 0.692. The van der Waals surface area contributed by atoms with Crippen molar-refractivity contribution in [2.24, 2.45) is 15.8 Å². The summed E-state index contributed by atoms with van der Waals surface area (Å²) in [5.41, 5.74) is 3.52. The standard InChI is InChI=1S/C12H15F2NO.C8H16O.C6H12/c1-4-9(3)15-11-6-5-10(7-8(11)2)16-12(13)14;1-5-7(9)6-8(2,3)4;1-6(2)4-3-5-6/h5-7,12H,4H2,1-3H3;5-6H2,1-4H3;3-5H2,1-2H3. The van der Waals surface area contributed by atoms with Crippen LogP contribution in [0, 0.1) is 17.8 Å². The Bertz CT molecular complexity index is 698. The van der Waals surface area contributed by atoms with Crippen molar-refractivity contribution in [2.75, 3.05) is 0 Å². The van der Waals surface area contributed by atoms with E-state index in [2.05, 4.69) is 44.3 Å². The molecule has 3 nitrogen and oxygen atoms in total. The van der Waals surface area contributed by atoms with Gasteiger partial charge < -0.3 is 4.74 Å². The second-order valence-electron chi connectivity index (χ2n) is 10.2. The number of Topliss-reactive ketones (excluding diaryl/α,β-unsaturated/α-hetero) is 1. The molecule has 178 valence electrons. The predicted octanol–water partition coefficient (Wildman–Crippen LogP) is 8.70. The van der Waals surface area contributed by atoms with Crippen molar-refractivity contribution < 1.29 is 18.3 Å². The van der Waals surface area contributed by atoms with E-state index in [1.807, 2.05) is 27.7 Å². The third kappa shape index (κ3) is 14.8. The number of aliphatic imine (C=N–C) groups is 1. The minimum Gasteiger partial charge on any atom is -0.435 e. The fourth-order valence-corrected chi connectivity index (χ4v) is 2.81. The van der Waals surface area contributed by atoms with Crippen LogP contribution in [0.25, 0.3) is 0 Å². The predicted molar refractivity (Wildman–Crippen MR) is 128 cm³/mol. The largest absolute Gasteiger partial charge is 0.435 e. The molecule has 0 amide bonds. The van der Waals surface area contributed by atoms with Gasteiger partial charge in [-0.25, -0.2) is 0 Å². The van der Waals surface area contributed by atoms with Crippen LogP contribution in [0.15, 0.2) is 23.2 Å². The highest BCUT2D eigenvalue weighted by Crippen LogP contribution is 2.38. The SMILES string of the molecule is CC1(C)CCC1.CCC(=O)CC(C)(C)C.CCC(C)=Nc1ccc(OC(F)F)cc1C. The molecule has 5 heteroatoms. The Morgan fingerprint density at radius 1 is 1.16 bits per heavy atom. The lowest BCUT2D eigenvalue weighted by Gasteiger charge is -2.33. The zero-order valence-electron chi connectivity index (χ0n) is 21.1. The first-order valence-corrected chi connectivity index (χ1v) is 11.3. The number of alkyl halides is 2. The highest BCUT2D eigenvalue weighted by molar-refractivity contribution is 5.84. The number of rotatable bonds is 6. The van der Waals surface area contributed by atoms with Crippen molar-refractivity contribution in [1.82, 2.24) is 0 Å². The van der Waals surface area contributed by atoms with Crippen LogP contribution in [-0.2, 0) is 4.79 Å². The Balaban J connectivity index is 0.000000501. The Morgan fingerprint density at radius 2 is 1.71 bits per heavy atom. The summed E-state index contributed by atoms with van der Waals surface area (Å²) in [5.74, 6) is 0.531. The summed E-state index contributed by atoms with van der Waals surface area (Å²) in [6.07, 6.45) is 6.63. The molecule has 1 saturated carbocycles. The van der Waals surface area contributed by atoms with Gasteiger partial charge in [0, 0.05) is 18.6 Å². The fourth-order valence-electron chi connectivity index (χ4n) is 2.81. The number of hydrogen-bond acceptors (Lipinski definition) is 3. The molecule has 0 aliphatic heterocycles. The minimum atomic E-state index is -2.79. The summed E-state index contributed by atoms with van der Waals surface area (Å²) in [6.45, 7) is 15.8. The number of aryl methyl sites for hydroxylation is 1. The number of hydrogen-bond donors (Lipinski definition) is 0. The molecular formula is C26H43F2NO2. The molecule has 0 unspecified atom stereocenters. The van der Waals surface area contributed by atoms with Crippen LogP contribution in [0.5, 0.6) is 5.75 Å². The summed E-state index contributed by atoms with van der Waals surface area (Å²) in [5, 5.41) is 0. The number of nitrogens with zero attached hydrogens (tertiary/aromatic N) is 1. The van der Waals surface area contributed by atoms with Crippen molar-refractivity contribution in [1.29, 1.82) is 0 Å². The zero-order chi connectivity index (χ0) is 24.2. The molecule has 0 radical (unpaired) electrons. The smallest absolute Gasteiger partial charge is 0.387 e. The summed E-state index contributed by atoms with van der Waals surface area (Å²) in [4.78, 5) is 15.2. The van der Waals surface area contributed by atoms with Crippen LogP contribution in [0.2, 0.25) is 0 Å². The van der Waals surface area contributed by atoms with Gasteiger partial charge >= 0.3 is 6.61 Å². The average molecular weight is 440 g/mol. The molecule has 1 aromatic rings. The molecule has 1 aliphatic rings. The van der Waals surface area contributed by atoms with Crippen molar-refractivity contribution in [3.05, 3.63) is 23.8 Å². The molecule has 0 N–H and O–H groups in total. The lowest BCUT2D eigenvalue weighted by molar-refractivity contribution is -0.120. The lowest BCUT2D eigenvalue weighted by atomic mass is 9.72. The number of carbonyl (C=O) groups is 1. The number of benzene rings is 1. The van der Waals surface area contributed by atoms with E-state index in [-0.39, 0.29) is 11.2 Å². The quantitative estimate of drug-likeness (QED) is 0.416. The van der Waals surface area contributed by atoms with Gasteiger partial charge in [0.15, 0.2) is 0 Å². The molecule has 0 heterocycles. The molecule has 31 heavy (non-hydrogen) atoms. The van der Waals surface area contributed by atoms with E-state index < -0.39 is 6.61 Å². The van der Waals surface area contributed by atoms with Gasteiger partial charge in [-0.3, -0.25) is 9.79 Å². The molecule has 1 aromatic carbocycles. The highest BCUT2D eigenvalue weighted by atomic mass is 19.3. The van der Waals surface area contributed by atoms with E-state index in [0.717, 1.165) is 28.8 Å². The summed E-state index contributed by atoms with van der Waals surface area (Å²) in [7, 11) is 0. The molecule has 1 aliphatic carbocycles. The maximum atomic E-state index is 12.0. The maximum absolute atomic E-state index is 12.0. The number of halogens is 2. The van der Waals surface area contributed by atoms with Gasteiger partial charge in [-0.05, 0) is 67.7 Å². The average Bonchev–Trinajstić information content (AvgIpc) is 2.62. The van der Waals surface area contributed by atoms with Crippen LogP contribution in [0.3, 0.4) is 0 Å². The molecule has 2 rings (SSSR count). The Labute approximate surface area is 188 Å². The van der Waals surface area contributed by atoms with Crippen molar-refractivity contribution in [3.63, 3.8) is 0 Å². The van der Waals surface area contributed by atoms with E-state index in [9.17, 15) is 13.6 Å². The van der Waals surface area contributed by atoms with Gasteiger partial charge in [-0.1, -0.05) is 54.9 Å². The highest BCUT2D eigenvalue weighted by Gasteiger charge is 2.25. The topological polar surface area (TPSA) is 38.7 Å². The second kappa shape index (κ2) is 13.6. The normalized spacial score (nSPS) is 15.2. The van der Waals surface area contributed by atoms with Gasteiger partial charge in [0.1, 0.15) is 11.5 Å². The first kappa shape index (κ1) is 29.2. The first-order chi connectivity index (χ1) is 14.2. The van der Waals surface area contributed by atoms with E-state index in [1.54, 1.807) is 12.1 Å². The van der Waals surface area contributed by atoms with Crippen LogP contribution < -0.4 is 4.74 Å². The molecule has 0 aromatic heterocycles. The Kier molecular flexibility index (Phi) is 12.8. The van der Waals surface area contributed by atoms with Crippen LogP contribution in [0.4, 0.5) is 14.5 Å². The van der Waals surface area contributed by atoms with E-state index in [1.165, 1.54) is 25.3 Å². The minimum absolute atomic E-state index is 0.167. The van der Waals surface area contributed by atoms with Gasteiger partial charge in [-0.15, -0.1) is 0 Å². The van der Waals surface area contributed by atoms with E-state index in [4.69, 9.17) is 0 Å². The molecular weight excluding hydrogens is 396 g/mol.